The van der Waals surface area contributed by atoms with Gasteiger partial charge in [-0.25, -0.2) is 9.78 Å². The van der Waals surface area contributed by atoms with E-state index in [9.17, 15) is 4.79 Å². The van der Waals surface area contributed by atoms with Gasteiger partial charge in [0.1, 0.15) is 11.6 Å². The predicted octanol–water partition coefficient (Wildman–Crippen LogP) is 2.82. The molecule has 0 saturated carbocycles. The van der Waals surface area contributed by atoms with E-state index in [4.69, 9.17) is 10.5 Å². The number of aryl methyl sites for hydroxylation is 1. The molecule has 19 heavy (non-hydrogen) atoms. The topological polar surface area (TPSA) is 70.1 Å². The van der Waals surface area contributed by atoms with E-state index >= 15 is 0 Å². The van der Waals surface area contributed by atoms with Crippen LogP contribution in [0.2, 0.25) is 0 Å². The number of nitrogen functional groups attached to an aromatic ring is 1. The van der Waals surface area contributed by atoms with Gasteiger partial charge in [0.05, 0.1) is 13.2 Å². The second kappa shape index (κ2) is 5.75. The van der Waals surface area contributed by atoms with Crippen LogP contribution in [0.4, 0.5) is 5.82 Å². The molecule has 0 aliphatic carbocycles. The molecule has 0 bridgehead atoms. The lowest BCUT2D eigenvalue weighted by molar-refractivity contribution is 0.0521. The fourth-order valence-electron chi connectivity index (χ4n) is 1.72. The molecule has 0 aliphatic rings. The molecule has 2 rings (SSSR count). The molecule has 7 heteroatoms. The van der Waals surface area contributed by atoms with Crippen molar-refractivity contribution < 1.29 is 9.53 Å². The van der Waals surface area contributed by atoms with Crippen LogP contribution in [0.15, 0.2) is 15.9 Å². The van der Waals surface area contributed by atoms with Gasteiger partial charge in [-0.3, -0.25) is 0 Å². The van der Waals surface area contributed by atoms with Crippen molar-refractivity contribution in [2.24, 2.45) is 0 Å². The third-order valence-electron chi connectivity index (χ3n) is 2.60. The van der Waals surface area contributed by atoms with Gasteiger partial charge in [-0.2, -0.15) is 0 Å². The first-order valence-corrected chi connectivity index (χ1v) is 7.42. The van der Waals surface area contributed by atoms with E-state index in [2.05, 4.69) is 20.9 Å². The Hall–Kier alpha value is -1.34. The first kappa shape index (κ1) is 14.1. The number of thiophene rings is 1. The minimum atomic E-state index is -0.478. The summed E-state index contributed by atoms with van der Waals surface area (Å²) in [5, 5.41) is 2.00. The number of esters is 1. The van der Waals surface area contributed by atoms with E-state index in [1.165, 1.54) is 0 Å². The van der Waals surface area contributed by atoms with Crippen LogP contribution in [0.1, 0.15) is 28.1 Å². The Bertz CT molecular complexity index is 606. The maximum Gasteiger partial charge on any atom is 0.360 e. The van der Waals surface area contributed by atoms with Crippen LogP contribution >= 0.6 is 27.3 Å². The summed E-state index contributed by atoms with van der Waals surface area (Å²) >= 11 is 5.03. The molecule has 0 radical (unpaired) electrons. The zero-order chi connectivity index (χ0) is 14.0. The van der Waals surface area contributed by atoms with Crippen LogP contribution in [-0.4, -0.2) is 22.1 Å². The van der Waals surface area contributed by atoms with Crippen molar-refractivity contribution in [2.75, 3.05) is 12.3 Å². The van der Waals surface area contributed by atoms with Crippen LogP contribution in [0.5, 0.6) is 0 Å². The van der Waals surface area contributed by atoms with E-state index in [1.54, 1.807) is 18.3 Å². The van der Waals surface area contributed by atoms with Crippen LogP contribution in [-0.2, 0) is 11.3 Å². The monoisotopic (exact) mass is 343 g/mol. The van der Waals surface area contributed by atoms with Gasteiger partial charge in [-0.1, -0.05) is 0 Å². The number of carbonyl (C=O) groups is 1. The molecule has 0 aliphatic heterocycles. The fourth-order valence-corrected chi connectivity index (χ4v) is 3.16. The van der Waals surface area contributed by atoms with Crippen LogP contribution in [0.25, 0.3) is 0 Å². The quantitative estimate of drug-likeness (QED) is 0.866. The Kier molecular flexibility index (Phi) is 4.26. The van der Waals surface area contributed by atoms with Gasteiger partial charge in [0.25, 0.3) is 0 Å². The molecule has 0 fully saturated rings. The average Bonchev–Trinajstić information content (AvgIpc) is 2.88. The molecule has 2 aromatic rings. The SMILES string of the molecule is CCOC(=O)c1nc(C)n(Cc2cc(Br)cs2)c1N. The van der Waals surface area contributed by atoms with Crippen molar-refractivity contribution in [1.29, 1.82) is 0 Å². The Morgan fingerprint density at radius 1 is 1.63 bits per heavy atom. The van der Waals surface area contributed by atoms with Crippen LogP contribution < -0.4 is 5.73 Å². The first-order valence-electron chi connectivity index (χ1n) is 5.75. The zero-order valence-corrected chi connectivity index (χ0v) is 13.0. The lowest BCUT2D eigenvalue weighted by Gasteiger charge is -2.05. The van der Waals surface area contributed by atoms with Gasteiger partial charge >= 0.3 is 5.97 Å². The van der Waals surface area contributed by atoms with E-state index in [0.717, 1.165) is 9.35 Å². The average molecular weight is 344 g/mol. The third-order valence-corrected chi connectivity index (χ3v) is 4.28. The summed E-state index contributed by atoms with van der Waals surface area (Å²) < 4.78 is 7.78. The van der Waals surface area contributed by atoms with Crippen molar-refractivity contribution in [3.05, 3.63) is 32.3 Å². The van der Waals surface area contributed by atoms with Gasteiger partial charge in [0.15, 0.2) is 5.69 Å². The van der Waals surface area contributed by atoms with Crippen molar-refractivity contribution in [2.45, 2.75) is 20.4 Å². The largest absolute Gasteiger partial charge is 0.461 e. The van der Waals surface area contributed by atoms with Gasteiger partial charge in [-0.15, -0.1) is 11.3 Å². The van der Waals surface area contributed by atoms with Crippen LogP contribution in [0.3, 0.4) is 0 Å². The smallest absolute Gasteiger partial charge is 0.360 e. The molecular weight excluding hydrogens is 330 g/mol. The molecule has 2 aromatic heterocycles. The summed E-state index contributed by atoms with van der Waals surface area (Å²) in [6.07, 6.45) is 0. The van der Waals surface area contributed by atoms with E-state index in [-0.39, 0.29) is 5.69 Å². The number of anilines is 1. The molecule has 0 atom stereocenters. The third kappa shape index (κ3) is 2.98. The number of ether oxygens (including phenoxy) is 1. The molecule has 2 heterocycles. The number of hydrogen-bond donors (Lipinski definition) is 1. The number of nitrogens with two attached hydrogens (primary N) is 1. The maximum atomic E-state index is 11.7. The molecule has 0 saturated heterocycles. The second-order valence-corrected chi connectivity index (χ2v) is 5.84. The Balaban J connectivity index is 2.29. The predicted molar refractivity (Wildman–Crippen MR) is 78.5 cm³/mol. The minimum absolute atomic E-state index is 0.190. The van der Waals surface area contributed by atoms with Crippen molar-refractivity contribution in [1.82, 2.24) is 9.55 Å². The molecule has 0 amide bonds. The van der Waals surface area contributed by atoms with E-state index in [0.29, 0.717) is 24.8 Å². The Morgan fingerprint density at radius 2 is 2.37 bits per heavy atom. The van der Waals surface area contributed by atoms with Crippen LogP contribution in [0, 0.1) is 6.92 Å². The Morgan fingerprint density at radius 3 is 2.95 bits per heavy atom. The highest BCUT2D eigenvalue weighted by Crippen LogP contribution is 2.23. The number of imidazole rings is 1. The highest BCUT2D eigenvalue weighted by molar-refractivity contribution is 9.10. The summed E-state index contributed by atoms with van der Waals surface area (Å²) in [4.78, 5) is 17.0. The Labute approximate surface area is 123 Å². The number of aromatic nitrogens is 2. The number of nitrogens with zero attached hydrogens (tertiary/aromatic N) is 2. The summed E-state index contributed by atoms with van der Waals surface area (Å²) in [5.74, 6) is 0.569. The number of rotatable bonds is 4. The second-order valence-electron chi connectivity index (χ2n) is 3.93. The van der Waals surface area contributed by atoms with Gasteiger partial charge in [-0.05, 0) is 35.8 Å². The van der Waals surface area contributed by atoms with E-state index < -0.39 is 5.97 Å². The van der Waals surface area contributed by atoms with Gasteiger partial charge in [0.2, 0.25) is 0 Å². The molecule has 5 nitrogen and oxygen atoms in total. The van der Waals surface area contributed by atoms with Gasteiger partial charge in [0, 0.05) is 14.7 Å². The highest BCUT2D eigenvalue weighted by atomic mass is 79.9. The summed E-state index contributed by atoms with van der Waals surface area (Å²) in [7, 11) is 0. The lowest BCUT2D eigenvalue weighted by atomic mass is 10.4. The standard InChI is InChI=1S/C12H14BrN3O2S/c1-3-18-12(17)10-11(14)16(7(2)15-10)5-9-4-8(13)6-19-9/h4,6H,3,5,14H2,1-2H3. The molecule has 0 spiro atoms. The molecule has 102 valence electrons. The van der Waals surface area contributed by atoms with Gasteiger partial charge < -0.3 is 15.0 Å². The molecule has 0 aromatic carbocycles. The lowest BCUT2D eigenvalue weighted by Crippen LogP contribution is -2.10. The fraction of sp³-hybridized carbons (Fsp3) is 0.333. The van der Waals surface area contributed by atoms with Crippen molar-refractivity contribution >= 4 is 39.1 Å². The number of halogens is 1. The minimum Gasteiger partial charge on any atom is -0.461 e. The summed E-state index contributed by atoms with van der Waals surface area (Å²) in [6.45, 7) is 4.48. The number of carbonyl (C=O) groups excluding carboxylic acids is 1. The maximum absolute atomic E-state index is 11.7. The molecule has 2 N–H and O–H groups in total. The molecular formula is C12H14BrN3O2S. The first-order chi connectivity index (χ1) is 9.02. The normalized spacial score (nSPS) is 10.7. The molecule has 0 unspecified atom stereocenters. The van der Waals surface area contributed by atoms with E-state index in [1.807, 2.05) is 22.9 Å². The van der Waals surface area contributed by atoms with Crippen molar-refractivity contribution in [3.63, 3.8) is 0 Å². The summed E-state index contributed by atoms with van der Waals surface area (Å²) in [5.41, 5.74) is 6.17. The van der Waals surface area contributed by atoms with Crippen molar-refractivity contribution in [3.8, 4) is 0 Å². The highest BCUT2D eigenvalue weighted by Gasteiger charge is 2.19. The summed E-state index contributed by atoms with van der Waals surface area (Å²) in [6, 6.07) is 2.02. The zero-order valence-electron chi connectivity index (χ0n) is 10.6. The number of hydrogen-bond acceptors (Lipinski definition) is 5.